The van der Waals surface area contributed by atoms with E-state index >= 15 is 0 Å². The summed E-state index contributed by atoms with van der Waals surface area (Å²) in [5.41, 5.74) is 1.28. The van der Waals surface area contributed by atoms with E-state index in [1.807, 2.05) is 11.3 Å². The quantitative estimate of drug-likeness (QED) is 0.801. The molecule has 25 heavy (non-hydrogen) atoms. The number of aromatic nitrogens is 1. The van der Waals surface area contributed by atoms with Gasteiger partial charge in [0.15, 0.2) is 0 Å². The average Bonchev–Trinajstić information content (AvgIpc) is 3.00. The highest BCUT2D eigenvalue weighted by molar-refractivity contribution is 7.11. The number of piperidine rings is 1. The predicted molar refractivity (Wildman–Crippen MR) is 102 cm³/mol. The lowest BCUT2D eigenvalue weighted by atomic mass is 9.86. The fraction of sp³-hybridized carbons (Fsp3) is 0.842. The Morgan fingerprint density at radius 1 is 1.28 bits per heavy atom. The maximum atomic E-state index is 9.31. The van der Waals surface area contributed by atoms with Gasteiger partial charge in [0.2, 0.25) is 0 Å². The molecule has 0 spiro atoms. The minimum absolute atomic E-state index is 0.306. The van der Waals surface area contributed by atoms with Gasteiger partial charge in [0.1, 0.15) is 0 Å². The van der Waals surface area contributed by atoms with Crippen molar-refractivity contribution in [2.75, 3.05) is 46.0 Å². The average molecular weight is 368 g/mol. The maximum Gasteiger partial charge on any atom is 0.0900 e. The Labute approximate surface area is 156 Å². The first-order chi connectivity index (χ1) is 12.2. The number of hydrogen-bond donors (Lipinski definition) is 1. The number of nitrogens with zero attached hydrogens (tertiary/aromatic N) is 3. The zero-order chi connectivity index (χ0) is 17.6. The van der Waals surface area contributed by atoms with Crippen LogP contribution in [0.5, 0.6) is 0 Å². The van der Waals surface area contributed by atoms with Gasteiger partial charge in [-0.05, 0) is 38.5 Å². The third kappa shape index (κ3) is 5.01. The Bertz CT molecular complexity index is 531. The summed E-state index contributed by atoms with van der Waals surface area (Å²) in [6.45, 7) is 11.8. The monoisotopic (exact) mass is 367 g/mol. The molecule has 1 N–H and O–H groups in total. The minimum atomic E-state index is 0.306. The molecule has 0 amide bonds. The fourth-order valence-corrected chi connectivity index (χ4v) is 5.45. The molecule has 0 bridgehead atoms. The number of aryl methyl sites for hydroxylation is 2. The standard InChI is InChI=1S/C19H33N3O2S/c1-3-17-19(25-15(2)20-17)14-21-7-6-18(16(13-21)5-4-10-23)22-8-11-24-12-9-22/h16,18,23H,3-14H2,1-2H3/t16-,18+/m1/s1. The summed E-state index contributed by atoms with van der Waals surface area (Å²) in [5.74, 6) is 0.651. The third-order valence-electron chi connectivity index (χ3n) is 5.61. The molecule has 5 nitrogen and oxygen atoms in total. The Hall–Kier alpha value is -0.530. The van der Waals surface area contributed by atoms with Gasteiger partial charge >= 0.3 is 0 Å². The van der Waals surface area contributed by atoms with Gasteiger partial charge in [-0.1, -0.05) is 6.92 Å². The van der Waals surface area contributed by atoms with Crippen LogP contribution >= 0.6 is 11.3 Å². The number of morpholine rings is 1. The van der Waals surface area contributed by atoms with E-state index in [9.17, 15) is 5.11 Å². The van der Waals surface area contributed by atoms with Crippen LogP contribution in [-0.2, 0) is 17.7 Å². The summed E-state index contributed by atoms with van der Waals surface area (Å²) >= 11 is 1.86. The lowest BCUT2D eigenvalue weighted by Gasteiger charge is -2.45. The van der Waals surface area contributed by atoms with Gasteiger partial charge in [-0.3, -0.25) is 9.80 Å². The van der Waals surface area contributed by atoms with Crippen LogP contribution in [0.1, 0.15) is 41.8 Å². The van der Waals surface area contributed by atoms with Crippen molar-refractivity contribution < 1.29 is 9.84 Å². The number of aliphatic hydroxyl groups excluding tert-OH is 1. The van der Waals surface area contributed by atoms with Crippen molar-refractivity contribution in [1.29, 1.82) is 0 Å². The lowest BCUT2D eigenvalue weighted by molar-refractivity contribution is -0.0230. The van der Waals surface area contributed by atoms with E-state index in [-0.39, 0.29) is 0 Å². The molecule has 2 aliphatic rings. The van der Waals surface area contributed by atoms with Crippen molar-refractivity contribution in [3.63, 3.8) is 0 Å². The highest BCUT2D eigenvalue weighted by atomic mass is 32.1. The van der Waals surface area contributed by atoms with Crippen molar-refractivity contribution in [3.8, 4) is 0 Å². The van der Waals surface area contributed by atoms with Crippen molar-refractivity contribution in [3.05, 3.63) is 15.6 Å². The van der Waals surface area contributed by atoms with Crippen molar-refractivity contribution >= 4 is 11.3 Å². The van der Waals surface area contributed by atoms with Crippen molar-refractivity contribution in [2.24, 2.45) is 5.92 Å². The van der Waals surface area contributed by atoms with Crippen LogP contribution in [-0.4, -0.2) is 71.9 Å². The first kappa shape index (κ1) is 19.2. The first-order valence-corrected chi connectivity index (χ1v) is 10.6. The van der Waals surface area contributed by atoms with Crippen molar-refractivity contribution in [2.45, 2.75) is 52.1 Å². The summed E-state index contributed by atoms with van der Waals surface area (Å²) in [6, 6.07) is 0.653. The Kier molecular flexibility index (Phi) is 7.25. The molecular weight excluding hydrogens is 334 g/mol. The summed E-state index contributed by atoms with van der Waals surface area (Å²) in [7, 11) is 0. The molecule has 0 aliphatic carbocycles. The number of ether oxygens (including phenoxy) is 1. The minimum Gasteiger partial charge on any atom is -0.396 e. The third-order valence-corrected chi connectivity index (χ3v) is 6.61. The van der Waals surface area contributed by atoms with E-state index in [4.69, 9.17) is 4.74 Å². The van der Waals surface area contributed by atoms with Gasteiger partial charge in [-0.25, -0.2) is 4.98 Å². The molecule has 2 atom stereocenters. The van der Waals surface area contributed by atoms with E-state index in [2.05, 4.69) is 28.6 Å². The maximum absolute atomic E-state index is 9.31. The van der Waals surface area contributed by atoms with Gasteiger partial charge in [0.25, 0.3) is 0 Å². The zero-order valence-corrected chi connectivity index (χ0v) is 16.6. The molecule has 2 saturated heterocycles. The Balaban J connectivity index is 1.63. The molecular formula is C19H33N3O2S. The number of rotatable bonds is 7. The van der Waals surface area contributed by atoms with Gasteiger partial charge < -0.3 is 9.84 Å². The van der Waals surface area contributed by atoms with Gasteiger partial charge in [0, 0.05) is 50.2 Å². The van der Waals surface area contributed by atoms with E-state index in [0.717, 1.165) is 65.2 Å². The normalized spacial score (nSPS) is 26.2. The second-order valence-electron chi connectivity index (χ2n) is 7.32. The topological polar surface area (TPSA) is 48.8 Å². The number of thiazole rings is 1. The lowest BCUT2D eigenvalue weighted by Crippen LogP contribution is -2.53. The number of hydrogen-bond acceptors (Lipinski definition) is 6. The molecule has 3 rings (SSSR count). The zero-order valence-electron chi connectivity index (χ0n) is 15.7. The summed E-state index contributed by atoms with van der Waals surface area (Å²) in [5, 5.41) is 10.5. The van der Waals surface area contributed by atoms with Crippen LogP contribution in [0.3, 0.4) is 0 Å². The van der Waals surface area contributed by atoms with Gasteiger partial charge in [-0.2, -0.15) is 0 Å². The van der Waals surface area contributed by atoms with E-state index in [1.165, 1.54) is 22.0 Å². The molecule has 0 aromatic carbocycles. The highest BCUT2D eigenvalue weighted by Gasteiger charge is 2.33. The van der Waals surface area contributed by atoms with Crippen LogP contribution in [0.2, 0.25) is 0 Å². The van der Waals surface area contributed by atoms with Crippen LogP contribution < -0.4 is 0 Å². The first-order valence-electron chi connectivity index (χ1n) is 9.81. The Morgan fingerprint density at radius 3 is 2.80 bits per heavy atom. The van der Waals surface area contributed by atoms with E-state index in [1.54, 1.807) is 0 Å². The molecule has 0 radical (unpaired) electrons. The van der Waals surface area contributed by atoms with E-state index in [0.29, 0.717) is 18.6 Å². The molecule has 3 heterocycles. The molecule has 0 unspecified atom stereocenters. The largest absolute Gasteiger partial charge is 0.396 e. The molecule has 1 aromatic heterocycles. The van der Waals surface area contributed by atoms with Crippen LogP contribution in [0, 0.1) is 12.8 Å². The second kappa shape index (κ2) is 9.42. The Morgan fingerprint density at radius 2 is 2.08 bits per heavy atom. The van der Waals surface area contributed by atoms with Crippen LogP contribution in [0.25, 0.3) is 0 Å². The summed E-state index contributed by atoms with van der Waals surface area (Å²) in [4.78, 5) is 11.4. The SMILES string of the molecule is CCc1nc(C)sc1CN1CC[C@H](N2CCOCC2)[C@H](CCCO)C1. The molecule has 0 saturated carbocycles. The van der Waals surface area contributed by atoms with E-state index < -0.39 is 0 Å². The fourth-order valence-electron chi connectivity index (χ4n) is 4.38. The molecule has 6 heteroatoms. The van der Waals surface area contributed by atoms with Crippen molar-refractivity contribution in [1.82, 2.24) is 14.8 Å². The summed E-state index contributed by atoms with van der Waals surface area (Å²) in [6.07, 6.45) is 4.30. The highest BCUT2D eigenvalue weighted by Crippen LogP contribution is 2.29. The molecule has 2 fully saturated rings. The molecule has 1 aromatic rings. The van der Waals surface area contributed by atoms with Gasteiger partial charge in [-0.15, -0.1) is 11.3 Å². The van der Waals surface area contributed by atoms with Crippen LogP contribution in [0.4, 0.5) is 0 Å². The number of aliphatic hydroxyl groups is 1. The van der Waals surface area contributed by atoms with Crippen LogP contribution in [0.15, 0.2) is 0 Å². The molecule has 142 valence electrons. The van der Waals surface area contributed by atoms with Gasteiger partial charge in [0.05, 0.1) is 23.9 Å². The molecule has 2 aliphatic heterocycles. The smallest absolute Gasteiger partial charge is 0.0900 e. The number of likely N-dealkylation sites (tertiary alicyclic amines) is 1. The predicted octanol–water partition coefficient (Wildman–Crippen LogP) is 2.31. The second-order valence-corrected chi connectivity index (χ2v) is 8.61. The summed E-state index contributed by atoms with van der Waals surface area (Å²) < 4.78 is 5.54.